The van der Waals surface area contributed by atoms with Crippen LogP contribution in [0.25, 0.3) is 0 Å². The van der Waals surface area contributed by atoms with Crippen molar-refractivity contribution in [3.05, 3.63) is 35.6 Å². The fraction of sp³-hybridized carbons (Fsp3) is 0.600. The van der Waals surface area contributed by atoms with Crippen molar-refractivity contribution in [2.45, 2.75) is 57.8 Å². The van der Waals surface area contributed by atoms with Gasteiger partial charge in [-0.1, -0.05) is 63.5 Å². The average Bonchev–Trinajstić information content (AvgIpc) is 2.28. The average molecular weight is 252 g/mol. The van der Waals surface area contributed by atoms with Crippen LogP contribution in [0.4, 0.5) is 4.39 Å². The van der Waals surface area contributed by atoms with E-state index in [-0.39, 0.29) is 5.82 Å². The van der Waals surface area contributed by atoms with Crippen molar-refractivity contribution in [3.8, 4) is 0 Å². The van der Waals surface area contributed by atoms with E-state index in [0.29, 0.717) is 5.56 Å². The Hall–Kier alpha value is -0.633. The number of hydrogen-bond donors (Lipinski definition) is 0. The summed E-state index contributed by atoms with van der Waals surface area (Å²) in [5.74, 6) is -0.132. The summed E-state index contributed by atoms with van der Waals surface area (Å²) in [6.45, 7) is 9.27. The first-order chi connectivity index (χ1) is 7.93. The number of aryl methyl sites for hydroxylation is 1. The van der Waals surface area contributed by atoms with E-state index in [9.17, 15) is 4.39 Å². The van der Waals surface area contributed by atoms with E-state index >= 15 is 0 Å². The predicted molar refractivity (Wildman–Crippen MR) is 76.7 cm³/mol. The van der Waals surface area contributed by atoms with Gasteiger partial charge < -0.3 is 0 Å². The van der Waals surface area contributed by atoms with Crippen molar-refractivity contribution >= 4 is 8.07 Å². The molecular weight excluding hydrogens is 227 g/mol. The van der Waals surface area contributed by atoms with Crippen LogP contribution in [0.5, 0.6) is 0 Å². The van der Waals surface area contributed by atoms with Gasteiger partial charge in [-0.25, -0.2) is 4.39 Å². The molecule has 2 heteroatoms. The van der Waals surface area contributed by atoms with Crippen LogP contribution in [0.1, 0.15) is 31.7 Å². The van der Waals surface area contributed by atoms with Crippen LogP contribution in [0.15, 0.2) is 24.3 Å². The van der Waals surface area contributed by atoms with E-state index in [2.05, 4.69) is 20.0 Å². The Labute approximate surface area is 106 Å². The predicted octanol–water partition coefficient (Wildman–Crippen LogP) is 5.40. The molecule has 0 nitrogen and oxygen atoms in total. The lowest BCUT2D eigenvalue weighted by Gasteiger charge is -2.34. The molecular formula is C15H25FSi. The molecule has 0 radical (unpaired) electrons. The molecule has 1 aliphatic rings. The van der Waals surface area contributed by atoms with Gasteiger partial charge >= 0.3 is 0 Å². The van der Waals surface area contributed by atoms with E-state index in [0.717, 1.165) is 5.54 Å². The summed E-state index contributed by atoms with van der Waals surface area (Å²) in [4.78, 5) is 0. The highest BCUT2D eigenvalue weighted by Crippen LogP contribution is 2.36. The second kappa shape index (κ2) is 6.34. The molecule has 0 aromatic heterocycles. The van der Waals surface area contributed by atoms with Crippen LogP contribution in [-0.2, 0) is 0 Å². The number of hydrogen-bond acceptors (Lipinski definition) is 0. The molecule has 0 spiro atoms. The maximum Gasteiger partial charge on any atom is 0.126 e. The van der Waals surface area contributed by atoms with Crippen LogP contribution in [0.2, 0.25) is 24.7 Å². The van der Waals surface area contributed by atoms with Gasteiger partial charge in [-0.05, 0) is 24.1 Å². The molecule has 1 aromatic rings. The Bertz CT molecular complexity index is 326. The Morgan fingerprint density at radius 1 is 1.18 bits per heavy atom. The number of halogens is 1. The fourth-order valence-corrected chi connectivity index (χ4v) is 4.86. The van der Waals surface area contributed by atoms with Crippen LogP contribution in [0, 0.1) is 12.7 Å². The minimum Gasteiger partial charge on any atom is -0.207 e. The third kappa shape index (κ3) is 4.62. The zero-order valence-corrected chi connectivity index (χ0v) is 12.6. The highest BCUT2D eigenvalue weighted by atomic mass is 28.3. The Morgan fingerprint density at radius 3 is 2.18 bits per heavy atom. The van der Waals surface area contributed by atoms with Crippen molar-refractivity contribution in [1.82, 2.24) is 0 Å². The molecule has 1 heterocycles. The van der Waals surface area contributed by atoms with Crippen molar-refractivity contribution in [3.63, 3.8) is 0 Å². The van der Waals surface area contributed by atoms with Crippen LogP contribution in [0.3, 0.4) is 0 Å². The van der Waals surface area contributed by atoms with Gasteiger partial charge in [0, 0.05) is 0 Å². The quantitative estimate of drug-likeness (QED) is 0.542. The Kier molecular flexibility index (Phi) is 5.38. The van der Waals surface area contributed by atoms with Gasteiger partial charge in [-0.3, -0.25) is 0 Å². The van der Waals surface area contributed by atoms with Crippen molar-refractivity contribution in [2.75, 3.05) is 0 Å². The molecule has 0 N–H and O–H groups in total. The van der Waals surface area contributed by atoms with E-state index in [1.165, 1.54) is 25.3 Å². The largest absolute Gasteiger partial charge is 0.207 e. The van der Waals surface area contributed by atoms with E-state index in [1.807, 2.05) is 6.07 Å². The minimum atomic E-state index is -0.694. The molecule has 1 unspecified atom stereocenters. The highest BCUT2D eigenvalue weighted by Gasteiger charge is 2.30. The smallest absolute Gasteiger partial charge is 0.126 e. The zero-order valence-electron chi connectivity index (χ0n) is 11.6. The van der Waals surface area contributed by atoms with E-state index in [4.69, 9.17) is 0 Å². The molecule has 1 atom stereocenters. The van der Waals surface area contributed by atoms with Gasteiger partial charge in [-0.2, -0.15) is 0 Å². The molecule has 2 rings (SSSR count). The van der Waals surface area contributed by atoms with Crippen LogP contribution >= 0.6 is 0 Å². The zero-order chi connectivity index (χ0) is 12.9. The topological polar surface area (TPSA) is 0 Å². The van der Waals surface area contributed by atoms with Crippen LogP contribution < -0.4 is 0 Å². The first-order valence-corrected chi connectivity index (χ1v) is 9.93. The van der Waals surface area contributed by atoms with Crippen molar-refractivity contribution < 1.29 is 4.39 Å². The molecule has 17 heavy (non-hydrogen) atoms. The fourth-order valence-electron chi connectivity index (χ4n) is 2.22. The lowest BCUT2D eigenvalue weighted by molar-refractivity contribution is 0.618. The molecule has 1 saturated heterocycles. The summed E-state index contributed by atoms with van der Waals surface area (Å²) in [5, 5.41) is 0. The SMILES string of the molecule is CC1CCCC[Si]1(C)C.Cc1ccccc1F. The Balaban J connectivity index is 0.000000171. The Morgan fingerprint density at radius 2 is 1.82 bits per heavy atom. The van der Waals surface area contributed by atoms with Crippen molar-refractivity contribution in [2.24, 2.45) is 0 Å². The molecule has 1 aromatic carbocycles. The van der Waals surface area contributed by atoms with Gasteiger partial charge in [0.2, 0.25) is 0 Å². The normalized spacial score (nSPS) is 22.5. The molecule has 0 bridgehead atoms. The molecule has 0 aliphatic carbocycles. The van der Waals surface area contributed by atoms with E-state index < -0.39 is 8.07 Å². The number of benzene rings is 1. The second-order valence-electron chi connectivity index (χ2n) is 5.88. The van der Waals surface area contributed by atoms with Gasteiger partial charge in [-0.15, -0.1) is 0 Å². The summed E-state index contributed by atoms with van der Waals surface area (Å²) >= 11 is 0. The summed E-state index contributed by atoms with van der Waals surface area (Å²) in [5.41, 5.74) is 1.79. The monoisotopic (exact) mass is 252 g/mol. The molecule has 0 amide bonds. The molecule has 0 saturated carbocycles. The third-order valence-corrected chi connectivity index (χ3v) is 8.72. The summed E-state index contributed by atoms with van der Waals surface area (Å²) in [6.07, 6.45) is 4.53. The number of rotatable bonds is 0. The van der Waals surface area contributed by atoms with Gasteiger partial charge in [0.1, 0.15) is 5.82 Å². The molecule has 96 valence electrons. The first-order valence-electron chi connectivity index (χ1n) is 6.64. The molecule has 1 aliphatic heterocycles. The summed E-state index contributed by atoms with van der Waals surface area (Å²) in [7, 11) is -0.694. The molecule has 1 fully saturated rings. The maximum absolute atomic E-state index is 12.3. The van der Waals surface area contributed by atoms with E-state index in [1.54, 1.807) is 25.1 Å². The third-order valence-electron chi connectivity index (χ3n) is 4.12. The summed E-state index contributed by atoms with van der Waals surface area (Å²) < 4.78 is 12.3. The second-order valence-corrected chi connectivity index (χ2v) is 11.3. The standard InChI is InChI=1S/C8H18Si.C7H7F/c1-8-6-4-5-7-9(8,2)3;1-6-4-2-3-5-7(6)8/h8H,4-7H2,1-3H3;2-5H,1H3. The maximum atomic E-state index is 12.3. The van der Waals surface area contributed by atoms with Crippen molar-refractivity contribution in [1.29, 1.82) is 0 Å². The van der Waals surface area contributed by atoms with Gasteiger partial charge in [0.05, 0.1) is 8.07 Å². The minimum absolute atomic E-state index is 0.132. The first kappa shape index (κ1) is 14.4. The van der Waals surface area contributed by atoms with Crippen LogP contribution in [-0.4, -0.2) is 8.07 Å². The van der Waals surface area contributed by atoms with Gasteiger partial charge in [0.15, 0.2) is 0 Å². The lowest BCUT2D eigenvalue weighted by atomic mass is 10.2. The summed E-state index contributed by atoms with van der Waals surface area (Å²) in [6, 6.07) is 8.28. The lowest BCUT2D eigenvalue weighted by Crippen LogP contribution is -2.33. The highest BCUT2D eigenvalue weighted by molar-refractivity contribution is 6.78. The van der Waals surface area contributed by atoms with Gasteiger partial charge in [0.25, 0.3) is 0 Å².